The largest absolute Gasteiger partial charge is 0.297 e. The topological polar surface area (TPSA) is 34.1 Å². The fourth-order valence-corrected chi connectivity index (χ4v) is 2.33. The predicted molar refractivity (Wildman–Crippen MR) is 49.2 cm³/mol. The van der Waals surface area contributed by atoms with E-state index < -0.39 is 0 Å². The van der Waals surface area contributed by atoms with Crippen molar-refractivity contribution in [2.24, 2.45) is 0 Å². The van der Waals surface area contributed by atoms with Crippen LogP contribution in [0.25, 0.3) is 0 Å². The maximum atomic E-state index is 10.9. The van der Waals surface area contributed by atoms with Crippen molar-refractivity contribution in [3.8, 4) is 0 Å². The molecule has 0 bridgehead atoms. The Morgan fingerprint density at radius 3 is 2.80 bits per heavy atom. The van der Waals surface area contributed by atoms with Crippen molar-refractivity contribution in [1.82, 2.24) is 0 Å². The van der Waals surface area contributed by atoms with Crippen LogP contribution in [0.4, 0.5) is 0 Å². The lowest BCUT2D eigenvalue weighted by molar-refractivity contribution is -0.114. The molecule has 54 valence electrons. The maximum absolute atomic E-state index is 10.9. The number of allylic oxidation sites excluding steroid dienone is 2. The highest BCUT2D eigenvalue weighted by atomic mass is 127. The average molecular weight is 268 g/mol. The summed E-state index contributed by atoms with van der Waals surface area (Å²) in [4.78, 5) is 21.8. The van der Waals surface area contributed by atoms with E-state index in [0.717, 1.165) is 12.0 Å². The van der Waals surface area contributed by atoms with Crippen LogP contribution in [0.5, 0.6) is 0 Å². The van der Waals surface area contributed by atoms with Crippen molar-refractivity contribution in [2.45, 2.75) is 6.42 Å². The number of carbonyl (C=O) groups is 2. The van der Waals surface area contributed by atoms with Crippen LogP contribution in [-0.2, 0) is 9.59 Å². The molecule has 0 aromatic carbocycles. The van der Waals surface area contributed by atoms with Gasteiger partial charge in [0.1, 0.15) is 0 Å². The van der Waals surface area contributed by atoms with Gasteiger partial charge >= 0.3 is 0 Å². The van der Waals surface area contributed by atoms with Gasteiger partial charge in [-0.2, -0.15) is 0 Å². The normalized spacial score (nSPS) is 19.5. The number of ketones is 1. The van der Waals surface area contributed by atoms with Gasteiger partial charge in [0.05, 0.1) is 8.48 Å². The fourth-order valence-electron chi connectivity index (χ4n) is 0.650. The zero-order chi connectivity index (χ0) is 7.56. The number of halogens is 1. The number of thioether (sulfide) groups is 1. The number of hydrogen-bond donors (Lipinski definition) is 0. The van der Waals surface area contributed by atoms with Gasteiger partial charge in [0.25, 0.3) is 0 Å². The second-order valence-electron chi connectivity index (χ2n) is 1.82. The van der Waals surface area contributed by atoms with E-state index >= 15 is 0 Å². The lowest BCUT2D eigenvalue weighted by Crippen LogP contribution is -2.07. The number of Topliss-reactive ketones (excluding diaryl/α,β-unsaturated/α-hetero) is 1. The number of aldehydes is 1. The molecule has 0 N–H and O–H groups in total. The SMILES string of the molecule is O=CC1=C(I)C(=O)CCS1. The highest BCUT2D eigenvalue weighted by Crippen LogP contribution is 2.29. The first-order valence-electron chi connectivity index (χ1n) is 2.76. The van der Waals surface area contributed by atoms with Crippen molar-refractivity contribution in [1.29, 1.82) is 0 Å². The average Bonchev–Trinajstić information content (AvgIpc) is 1.95. The van der Waals surface area contributed by atoms with Crippen LogP contribution < -0.4 is 0 Å². The van der Waals surface area contributed by atoms with Crippen LogP contribution in [0, 0.1) is 0 Å². The minimum absolute atomic E-state index is 0.0986. The molecule has 4 heteroatoms. The van der Waals surface area contributed by atoms with Gasteiger partial charge in [-0.25, -0.2) is 0 Å². The molecular weight excluding hydrogens is 263 g/mol. The summed E-state index contributed by atoms with van der Waals surface area (Å²) in [5.74, 6) is 0.848. The molecule has 0 amide bonds. The zero-order valence-electron chi connectivity index (χ0n) is 5.09. The molecule has 0 radical (unpaired) electrons. The predicted octanol–water partition coefficient (Wildman–Crippen LogP) is 1.54. The van der Waals surface area contributed by atoms with Gasteiger partial charge in [-0.1, -0.05) is 0 Å². The molecule has 0 fully saturated rings. The quantitative estimate of drug-likeness (QED) is 0.534. The summed E-state index contributed by atoms with van der Waals surface area (Å²) in [6, 6.07) is 0. The van der Waals surface area contributed by atoms with E-state index in [1.54, 1.807) is 0 Å². The summed E-state index contributed by atoms with van der Waals surface area (Å²) >= 11 is 3.38. The molecule has 1 heterocycles. The first kappa shape index (κ1) is 8.26. The van der Waals surface area contributed by atoms with Gasteiger partial charge in [-0.3, -0.25) is 9.59 Å². The van der Waals surface area contributed by atoms with E-state index in [1.807, 2.05) is 22.6 Å². The molecule has 2 nitrogen and oxygen atoms in total. The van der Waals surface area contributed by atoms with Crippen LogP contribution in [0.2, 0.25) is 0 Å². The Labute approximate surface area is 76.6 Å². The number of rotatable bonds is 1. The van der Waals surface area contributed by atoms with Gasteiger partial charge in [0.15, 0.2) is 12.1 Å². The molecule has 1 rings (SSSR count). The third kappa shape index (κ3) is 1.60. The highest BCUT2D eigenvalue weighted by molar-refractivity contribution is 14.1. The Hall–Kier alpha value is 0.160. The lowest BCUT2D eigenvalue weighted by atomic mass is 10.3. The Kier molecular flexibility index (Phi) is 2.91. The summed E-state index contributed by atoms with van der Waals surface area (Å²) in [5, 5.41) is 0. The van der Waals surface area contributed by atoms with E-state index in [0.29, 0.717) is 14.9 Å². The monoisotopic (exact) mass is 268 g/mol. The first-order chi connectivity index (χ1) is 4.75. The van der Waals surface area contributed by atoms with Crippen molar-refractivity contribution in [3.05, 3.63) is 8.48 Å². The molecule has 0 saturated heterocycles. The van der Waals surface area contributed by atoms with Crippen LogP contribution in [0.15, 0.2) is 8.48 Å². The summed E-state index contributed by atoms with van der Waals surface area (Å²) in [6.07, 6.45) is 1.32. The van der Waals surface area contributed by atoms with Crippen molar-refractivity contribution in [3.63, 3.8) is 0 Å². The minimum Gasteiger partial charge on any atom is -0.297 e. The van der Waals surface area contributed by atoms with Crippen LogP contribution >= 0.6 is 34.4 Å². The van der Waals surface area contributed by atoms with Gasteiger partial charge < -0.3 is 0 Å². The molecule has 0 atom stereocenters. The highest BCUT2D eigenvalue weighted by Gasteiger charge is 2.17. The second kappa shape index (κ2) is 3.52. The van der Waals surface area contributed by atoms with Gasteiger partial charge in [0, 0.05) is 12.2 Å². The second-order valence-corrected chi connectivity index (χ2v) is 4.03. The van der Waals surface area contributed by atoms with Crippen LogP contribution in [0.3, 0.4) is 0 Å². The molecule has 0 unspecified atom stereocenters. The van der Waals surface area contributed by atoms with E-state index in [9.17, 15) is 9.59 Å². The summed E-state index contributed by atoms with van der Waals surface area (Å²) in [5.41, 5.74) is 0. The zero-order valence-corrected chi connectivity index (χ0v) is 8.07. The lowest BCUT2D eigenvalue weighted by Gasteiger charge is -2.08. The molecule has 1 aliphatic heterocycles. The van der Waals surface area contributed by atoms with Gasteiger partial charge in [0.2, 0.25) is 0 Å². The Morgan fingerprint density at radius 2 is 2.30 bits per heavy atom. The maximum Gasteiger partial charge on any atom is 0.171 e. The molecule has 1 aliphatic rings. The molecule has 0 aromatic rings. The summed E-state index contributed by atoms with van der Waals surface area (Å²) in [7, 11) is 0. The molecule has 0 aromatic heterocycles. The van der Waals surface area contributed by atoms with Crippen molar-refractivity contribution < 1.29 is 9.59 Å². The van der Waals surface area contributed by atoms with Crippen LogP contribution in [-0.4, -0.2) is 17.8 Å². The Balaban J connectivity index is 2.92. The summed E-state index contributed by atoms with van der Waals surface area (Å²) in [6.45, 7) is 0. The Bertz CT molecular complexity index is 210. The Morgan fingerprint density at radius 1 is 1.60 bits per heavy atom. The number of carbonyl (C=O) groups excluding carboxylic acids is 2. The smallest absolute Gasteiger partial charge is 0.171 e. The third-order valence-electron chi connectivity index (χ3n) is 1.15. The molecule has 0 aliphatic carbocycles. The van der Waals surface area contributed by atoms with Crippen molar-refractivity contribution >= 4 is 46.4 Å². The first-order valence-corrected chi connectivity index (χ1v) is 4.83. The van der Waals surface area contributed by atoms with Gasteiger partial charge in [-0.05, 0) is 22.6 Å². The van der Waals surface area contributed by atoms with E-state index in [4.69, 9.17) is 0 Å². The fraction of sp³-hybridized carbons (Fsp3) is 0.333. The molecule has 0 saturated carbocycles. The van der Waals surface area contributed by atoms with E-state index in [-0.39, 0.29) is 5.78 Å². The van der Waals surface area contributed by atoms with E-state index in [2.05, 4.69) is 0 Å². The minimum atomic E-state index is 0.0986. The third-order valence-corrected chi connectivity index (χ3v) is 3.72. The van der Waals surface area contributed by atoms with Gasteiger partial charge in [-0.15, -0.1) is 11.8 Å². The van der Waals surface area contributed by atoms with E-state index in [1.165, 1.54) is 11.8 Å². The molecule has 0 spiro atoms. The standard InChI is InChI=1S/C6H5IO2S/c7-6-4(9)1-2-10-5(6)3-8/h3H,1-2H2. The van der Waals surface area contributed by atoms with Crippen molar-refractivity contribution in [2.75, 3.05) is 5.75 Å². The molecular formula is C6H5IO2S. The summed E-state index contributed by atoms with van der Waals surface area (Å²) < 4.78 is 0.601. The van der Waals surface area contributed by atoms with Crippen LogP contribution in [0.1, 0.15) is 6.42 Å². The number of hydrogen-bond acceptors (Lipinski definition) is 3. The molecule has 10 heavy (non-hydrogen) atoms.